The molecule has 2 N–H and O–H groups in total. The van der Waals surface area contributed by atoms with E-state index in [0.717, 1.165) is 45.3 Å². The Morgan fingerprint density at radius 1 is 1.16 bits per heavy atom. The van der Waals surface area contributed by atoms with Crippen molar-refractivity contribution >= 4 is 17.7 Å². The lowest BCUT2D eigenvalue weighted by atomic mass is 9.91. The molecule has 1 saturated heterocycles. The third-order valence-electron chi connectivity index (χ3n) is 5.66. The lowest BCUT2D eigenvalue weighted by Gasteiger charge is -2.36. The van der Waals surface area contributed by atoms with E-state index in [2.05, 4.69) is 41.8 Å². The van der Waals surface area contributed by atoms with Crippen molar-refractivity contribution < 1.29 is 9.53 Å². The van der Waals surface area contributed by atoms with Gasteiger partial charge in [0.15, 0.2) is 0 Å². The summed E-state index contributed by atoms with van der Waals surface area (Å²) >= 11 is 1.93. The molecule has 0 spiro atoms. The van der Waals surface area contributed by atoms with E-state index in [1.54, 1.807) is 7.11 Å². The average molecular weight is 363 g/mol. The van der Waals surface area contributed by atoms with Crippen LogP contribution in [0.4, 0.5) is 0 Å². The van der Waals surface area contributed by atoms with Crippen molar-refractivity contribution in [1.82, 2.24) is 10.6 Å². The number of carbonyl (C=O) groups excluding carboxylic acids is 1. The van der Waals surface area contributed by atoms with E-state index in [0.29, 0.717) is 0 Å². The molecule has 0 bridgehead atoms. The summed E-state index contributed by atoms with van der Waals surface area (Å²) in [5.41, 5.74) is 0.630. The van der Waals surface area contributed by atoms with Crippen LogP contribution in [0, 0.1) is 6.92 Å². The van der Waals surface area contributed by atoms with Crippen molar-refractivity contribution in [3.05, 3.63) is 29.8 Å². The Hall–Kier alpha value is -1.04. The van der Waals surface area contributed by atoms with Gasteiger partial charge in [0.05, 0.1) is 0 Å². The number of carbonyl (C=O) groups is 1. The molecule has 1 aliphatic carbocycles. The molecule has 1 aromatic rings. The molecule has 2 fully saturated rings. The van der Waals surface area contributed by atoms with Crippen molar-refractivity contribution in [3.63, 3.8) is 0 Å². The molecule has 1 amide bonds. The third-order valence-corrected chi connectivity index (χ3v) is 7.15. The lowest BCUT2D eigenvalue weighted by molar-refractivity contribution is -0.146. The predicted molar refractivity (Wildman–Crippen MR) is 103 cm³/mol. The van der Waals surface area contributed by atoms with Crippen LogP contribution in [-0.2, 0) is 9.53 Å². The van der Waals surface area contributed by atoms with Gasteiger partial charge < -0.3 is 15.4 Å². The minimum Gasteiger partial charge on any atom is -0.368 e. The lowest BCUT2D eigenvalue weighted by Crippen LogP contribution is -2.55. The number of thioether (sulfide) groups is 1. The van der Waals surface area contributed by atoms with Gasteiger partial charge in [-0.25, -0.2) is 0 Å². The van der Waals surface area contributed by atoms with Crippen LogP contribution in [0.1, 0.15) is 44.1 Å². The van der Waals surface area contributed by atoms with Gasteiger partial charge >= 0.3 is 0 Å². The first-order chi connectivity index (χ1) is 12.1. The Morgan fingerprint density at radius 2 is 1.80 bits per heavy atom. The minimum absolute atomic E-state index is 0.0623. The van der Waals surface area contributed by atoms with Crippen LogP contribution >= 0.6 is 11.8 Å². The fourth-order valence-corrected chi connectivity index (χ4v) is 5.36. The van der Waals surface area contributed by atoms with Crippen molar-refractivity contribution in [3.8, 4) is 0 Å². The van der Waals surface area contributed by atoms with Crippen LogP contribution in [0.5, 0.6) is 0 Å². The summed E-state index contributed by atoms with van der Waals surface area (Å²) in [5, 5.41) is 6.55. The normalized spacial score (nSPS) is 21.8. The van der Waals surface area contributed by atoms with Gasteiger partial charge in [0.1, 0.15) is 5.60 Å². The Balaban J connectivity index is 1.65. The zero-order chi connectivity index (χ0) is 17.8. The van der Waals surface area contributed by atoms with Crippen molar-refractivity contribution in [2.75, 3.05) is 26.7 Å². The number of rotatable bonds is 6. The second-order valence-corrected chi connectivity index (χ2v) is 8.98. The molecule has 0 radical (unpaired) electrons. The Morgan fingerprint density at radius 3 is 2.40 bits per heavy atom. The number of benzene rings is 1. The summed E-state index contributed by atoms with van der Waals surface area (Å²) in [7, 11) is 1.66. The highest BCUT2D eigenvalue weighted by Crippen LogP contribution is 2.45. The van der Waals surface area contributed by atoms with Gasteiger partial charge in [-0.2, -0.15) is 0 Å². The molecule has 3 rings (SSSR count). The van der Waals surface area contributed by atoms with Gasteiger partial charge in [0.25, 0.3) is 5.91 Å². The number of ether oxygens (including phenoxy) is 1. The molecule has 2 aliphatic rings. The SMILES string of the molecule is COC1(C(=O)NCC2(Sc3ccc(C)cc3)CCCC2)CCNCC1. The Kier molecular flexibility index (Phi) is 6.08. The van der Waals surface area contributed by atoms with Gasteiger partial charge in [-0.3, -0.25) is 4.79 Å². The van der Waals surface area contributed by atoms with E-state index in [-0.39, 0.29) is 10.7 Å². The van der Waals surface area contributed by atoms with E-state index in [4.69, 9.17) is 4.74 Å². The van der Waals surface area contributed by atoms with Crippen LogP contribution in [0.2, 0.25) is 0 Å². The number of hydrogen-bond donors (Lipinski definition) is 2. The molecular weight excluding hydrogens is 332 g/mol. The molecule has 1 heterocycles. The van der Waals surface area contributed by atoms with E-state index in [1.165, 1.54) is 23.3 Å². The highest BCUT2D eigenvalue weighted by molar-refractivity contribution is 8.00. The first-order valence-electron chi connectivity index (χ1n) is 9.37. The summed E-state index contributed by atoms with van der Waals surface area (Å²) in [6.45, 7) is 4.52. The number of amides is 1. The molecule has 0 aromatic heterocycles. The number of hydrogen-bond acceptors (Lipinski definition) is 4. The summed E-state index contributed by atoms with van der Waals surface area (Å²) < 4.78 is 5.78. The maximum atomic E-state index is 12.9. The maximum absolute atomic E-state index is 12.9. The molecule has 0 atom stereocenters. The summed E-state index contributed by atoms with van der Waals surface area (Å²) in [4.78, 5) is 14.2. The van der Waals surface area contributed by atoms with Gasteiger partial charge in [0, 0.05) is 23.3 Å². The summed E-state index contributed by atoms with van der Waals surface area (Å²) in [6.07, 6.45) is 6.30. The fraction of sp³-hybridized carbons (Fsp3) is 0.650. The Bertz CT molecular complexity index is 576. The van der Waals surface area contributed by atoms with Gasteiger partial charge in [-0.1, -0.05) is 30.5 Å². The zero-order valence-electron chi connectivity index (χ0n) is 15.4. The molecular formula is C20H30N2O2S. The summed E-state index contributed by atoms with van der Waals surface area (Å²) in [5.74, 6) is 0.0623. The highest BCUT2D eigenvalue weighted by Gasteiger charge is 2.42. The van der Waals surface area contributed by atoms with Gasteiger partial charge in [0.2, 0.25) is 0 Å². The monoisotopic (exact) mass is 362 g/mol. The van der Waals surface area contributed by atoms with Crippen LogP contribution in [0.15, 0.2) is 29.2 Å². The molecule has 1 aromatic carbocycles. The minimum atomic E-state index is -0.653. The average Bonchev–Trinajstić information content (AvgIpc) is 3.11. The van der Waals surface area contributed by atoms with E-state index >= 15 is 0 Å². The standard InChI is InChI=1S/C20H30N2O2S/c1-16-5-7-17(8-6-16)25-19(9-3-4-10-19)15-22-18(23)20(24-2)11-13-21-14-12-20/h5-8,21H,3-4,9-15H2,1-2H3,(H,22,23). The van der Waals surface area contributed by atoms with E-state index < -0.39 is 5.60 Å². The van der Waals surface area contributed by atoms with Crippen LogP contribution in [0.25, 0.3) is 0 Å². The molecule has 0 unspecified atom stereocenters. The first-order valence-corrected chi connectivity index (χ1v) is 10.2. The summed E-state index contributed by atoms with van der Waals surface area (Å²) in [6, 6.07) is 8.73. The first kappa shape index (κ1) is 18.7. The third kappa shape index (κ3) is 4.39. The van der Waals surface area contributed by atoms with E-state index in [1.807, 2.05) is 11.8 Å². The smallest absolute Gasteiger partial charge is 0.252 e. The number of piperidine rings is 1. The Labute approximate surface area is 155 Å². The molecule has 138 valence electrons. The van der Waals surface area contributed by atoms with Crippen LogP contribution < -0.4 is 10.6 Å². The number of nitrogens with one attached hydrogen (secondary N) is 2. The van der Waals surface area contributed by atoms with Crippen LogP contribution in [0.3, 0.4) is 0 Å². The highest BCUT2D eigenvalue weighted by atomic mass is 32.2. The predicted octanol–water partition coefficient (Wildman–Crippen LogP) is 3.28. The number of methoxy groups -OCH3 is 1. The molecule has 4 nitrogen and oxygen atoms in total. The van der Waals surface area contributed by atoms with Gasteiger partial charge in [-0.05, 0) is 57.8 Å². The van der Waals surface area contributed by atoms with Crippen molar-refractivity contribution in [2.24, 2.45) is 0 Å². The molecule has 1 aliphatic heterocycles. The largest absolute Gasteiger partial charge is 0.368 e. The van der Waals surface area contributed by atoms with Crippen molar-refractivity contribution in [2.45, 2.75) is 60.7 Å². The van der Waals surface area contributed by atoms with Crippen molar-refractivity contribution in [1.29, 1.82) is 0 Å². The molecule has 1 saturated carbocycles. The quantitative estimate of drug-likeness (QED) is 0.815. The van der Waals surface area contributed by atoms with Gasteiger partial charge in [-0.15, -0.1) is 11.8 Å². The number of aryl methyl sites for hydroxylation is 1. The molecule has 5 heteroatoms. The van der Waals surface area contributed by atoms with Crippen LogP contribution in [-0.4, -0.2) is 43.0 Å². The zero-order valence-corrected chi connectivity index (χ0v) is 16.2. The maximum Gasteiger partial charge on any atom is 0.252 e. The molecule has 25 heavy (non-hydrogen) atoms. The topological polar surface area (TPSA) is 50.4 Å². The second-order valence-electron chi connectivity index (χ2n) is 7.44. The van der Waals surface area contributed by atoms with E-state index in [9.17, 15) is 4.79 Å². The fourth-order valence-electron chi connectivity index (χ4n) is 3.95. The second kappa shape index (κ2) is 8.11.